The molecule has 0 amide bonds. The molecule has 1 heterocycles. The molecule has 0 radical (unpaired) electrons. The average molecular weight is 353 g/mol. The number of aliphatic hydroxyl groups excluding tert-OH is 1. The number of nitrogens with zero attached hydrogens (tertiary/aromatic N) is 2. The van der Waals surface area contributed by atoms with Crippen molar-refractivity contribution in [2.75, 3.05) is 0 Å². The molecule has 0 aliphatic carbocycles. The number of rotatable bonds is 2. The van der Waals surface area contributed by atoms with E-state index < -0.39 is 23.7 Å². The van der Waals surface area contributed by atoms with E-state index in [4.69, 9.17) is 0 Å². The number of aliphatic hydroxyl groups is 1. The van der Waals surface area contributed by atoms with Crippen molar-refractivity contribution in [1.82, 2.24) is 9.78 Å². The Morgan fingerprint density at radius 2 is 2.00 bits per heavy atom. The van der Waals surface area contributed by atoms with E-state index in [1.807, 2.05) is 0 Å². The van der Waals surface area contributed by atoms with E-state index in [0.29, 0.717) is 16.6 Å². The van der Waals surface area contributed by atoms with Crippen LogP contribution in [0.5, 0.6) is 0 Å². The summed E-state index contributed by atoms with van der Waals surface area (Å²) in [5.41, 5.74) is -1.19. The molecule has 0 bridgehead atoms. The Morgan fingerprint density at radius 1 is 1.35 bits per heavy atom. The highest BCUT2D eigenvalue weighted by Gasteiger charge is 2.35. The first kappa shape index (κ1) is 15.0. The second kappa shape index (κ2) is 5.17. The molecule has 108 valence electrons. The van der Waals surface area contributed by atoms with Gasteiger partial charge in [-0.15, -0.1) is 0 Å². The van der Waals surface area contributed by atoms with E-state index >= 15 is 0 Å². The first-order chi connectivity index (χ1) is 9.21. The predicted octanol–water partition coefficient (Wildman–Crippen LogP) is 3.42. The van der Waals surface area contributed by atoms with Gasteiger partial charge in [-0.25, -0.2) is 4.39 Å². The van der Waals surface area contributed by atoms with E-state index in [2.05, 4.69) is 21.0 Å². The van der Waals surface area contributed by atoms with Crippen LogP contribution in [-0.2, 0) is 13.2 Å². The molecular formula is C12H9BrF4N2O. The summed E-state index contributed by atoms with van der Waals surface area (Å²) in [5, 5.41) is 14.0. The Labute approximate surface area is 120 Å². The third-order valence-electron chi connectivity index (χ3n) is 2.81. The molecule has 3 nitrogen and oxygen atoms in total. The molecule has 1 aromatic heterocycles. The minimum Gasteiger partial charge on any atom is -0.382 e. The fourth-order valence-electron chi connectivity index (χ4n) is 1.82. The van der Waals surface area contributed by atoms with Crippen LogP contribution in [0.4, 0.5) is 17.6 Å². The highest BCUT2D eigenvalue weighted by Crippen LogP contribution is 2.35. The molecule has 1 aromatic carbocycles. The zero-order valence-electron chi connectivity index (χ0n) is 10.1. The van der Waals surface area contributed by atoms with Gasteiger partial charge in [0.2, 0.25) is 0 Å². The van der Waals surface area contributed by atoms with Crippen LogP contribution in [0.25, 0.3) is 0 Å². The summed E-state index contributed by atoms with van der Waals surface area (Å²) >= 11 is 3.15. The molecule has 20 heavy (non-hydrogen) atoms. The van der Waals surface area contributed by atoms with Gasteiger partial charge >= 0.3 is 6.18 Å². The van der Waals surface area contributed by atoms with E-state index in [1.54, 1.807) is 0 Å². The SMILES string of the molecule is Cn1ncc(Br)c1C(O)c1ccc(F)c(C(F)(F)F)c1. The number of halogens is 5. The Kier molecular flexibility index (Phi) is 3.88. The highest BCUT2D eigenvalue weighted by atomic mass is 79.9. The molecule has 0 spiro atoms. The van der Waals surface area contributed by atoms with Gasteiger partial charge in [-0.3, -0.25) is 4.68 Å². The van der Waals surface area contributed by atoms with Crippen molar-refractivity contribution in [3.8, 4) is 0 Å². The summed E-state index contributed by atoms with van der Waals surface area (Å²) in [5.74, 6) is -1.38. The maximum atomic E-state index is 13.2. The van der Waals surface area contributed by atoms with Crippen molar-refractivity contribution < 1.29 is 22.7 Å². The molecule has 8 heteroatoms. The largest absolute Gasteiger partial charge is 0.419 e. The lowest BCUT2D eigenvalue weighted by molar-refractivity contribution is -0.140. The Bertz CT molecular complexity index is 619. The summed E-state index contributed by atoms with van der Waals surface area (Å²) in [7, 11) is 1.54. The summed E-state index contributed by atoms with van der Waals surface area (Å²) < 4.78 is 52.9. The van der Waals surface area contributed by atoms with Crippen LogP contribution in [0.3, 0.4) is 0 Å². The lowest BCUT2D eigenvalue weighted by Crippen LogP contribution is -2.12. The first-order valence-electron chi connectivity index (χ1n) is 5.44. The normalized spacial score (nSPS) is 13.6. The van der Waals surface area contributed by atoms with Crippen LogP contribution < -0.4 is 0 Å². The second-order valence-electron chi connectivity index (χ2n) is 4.14. The lowest BCUT2D eigenvalue weighted by Gasteiger charge is -2.15. The lowest BCUT2D eigenvalue weighted by atomic mass is 10.0. The molecule has 1 N–H and O–H groups in total. The topological polar surface area (TPSA) is 38.0 Å². The van der Waals surface area contributed by atoms with Crippen LogP contribution in [0, 0.1) is 5.82 Å². The van der Waals surface area contributed by atoms with Crippen LogP contribution in [0.1, 0.15) is 22.9 Å². The summed E-state index contributed by atoms with van der Waals surface area (Å²) in [6, 6.07) is 2.39. The van der Waals surface area contributed by atoms with Gasteiger partial charge in [-0.05, 0) is 33.6 Å². The van der Waals surface area contributed by atoms with Gasteiger partial charge in [0, 0.05) is 7.05 Å². The third-order valence-corrected chi connectivity index (χ3v) is 3.42. The monoisotopic (exact) mass is 352 g/mol. The van der Waals surface area contributed by atoms with Gasteiger partial charge < -0.3 is 5.11 Å². The van der Waals surface area contributed by atoms with E-state index in [0.717, 1.165) is 6.07 Å². The van der Waals surface area contributed by atoms with Crippen molar-refractivity contribution in [3.05, 3.63) is 51.5 Å². The maximum Gasteiger partial charge on any atom is 0.419 e. The number of aromatic nitrogens is 2. The molecule has 0 aliphatic rings. The molecular weight excluding hydrogens is 344 g/mol. The van der Waals surface area contributed by atoms with Gasteiger partial charge in [0.25, 0.3) is 0 Å². The van der Waals surface area contributed by atoms with Gasteiger partial charge in [0.15, 0.2) is 0 Å². The molecule has 2 aromatic rings. The molecule has 2 rings (SSSR count). The first-order valence-corrected chi connectivity index (χ1v) is 6.23. The average Bonchev–Trinajstić information content (AvgIpc) is 2.67. The number of hydrogen-bond acceptors (Lipinski definition) is 2. The fraction of sp³-hybridized carbons (Fsp3) is 0.250. The molecule has 1 unspecified atom stereocenters. The van der Waals surface area contributed by atoms with Crippen LogP contribution >= 0.6 is 15.9 Å². The molecule has 0 aliphatic heterocycles. The standard InChI is InChI=1S/C12H9BrF4N2O/c1-19-10(8(13)5-18-19)11(20)6-2-3-9(14)7(4-6)12(15,16)17/h2-5,11,20H,1H3. The van der Waals surface area contributed by atoms with Gasteiger partial charge in [-0.1, -0.05) is 6.07 Å². The van der Waals surface area contributed by atoms with Crippen molar-refractivity contribution >= 4 is 15.9 Å². The predicted molar refractivity (Wildman–Crippen MR) is 66.4 cm³/mol. The van der Waals surface area contributed by atoms with E-state index in [1.165, 1.54) is 17.9 Å². The molecule has 0 fully saturated rings. The number of aryl methyl sites for hydroxylation is 1. The molecule has 0 saturated carbocycles. The van der Waals surface area contributed by atoms with Crippen LogP contribution in [0.15, 0.2) is 28.9 Å². The zero-order chi connectivity index (χ0) is 15.1. The summed E-state index contributed by atoms with van der Waals surface area (Å²) in [4.78, 5) is 0. The summed E-state index contributed by atoms with van der Waals surface area (Å²) in [6.45, 7) is 0. The Morgan fingerprint density at radius 3 is 2.50 bits per heavy atom. The zero-order valence-corrected chi connectivity index (χ0v) is 11.7. The van der Waals surface area contributed by atoms with Crippen molar-refractivity contribution in [2.24, 2.45) is 7.05 Å². The number of alkyl halides is 3. The molecule has 0 saturated heterocycles. The van der Waals surface area contributed by atoms with E-state index in [-0.39, 0.29) is 11.3 Å². The van der Waals surface area contributed by atoms with Gasteiger partial charge in [-0.2, -0.15) is 18.3 Å². The maximum absolute atomic E-state index is 13.2. The van der Waals surface area contributed by atoms with Gasteiger partial charge in [0.1, 0.15) is 11.9 Å². The van der Waals surface area contributed by atoms with Gasteiger partial charge in [0.05, 0.1) is 21.9 Å². The third kappa shape index (κ3) is 2.71. The smallest absolute Gasteiger partial charge is 0.382 e. The summed E-state index contributed by atoms with van der Waals surface area (Å²) in [6.07, 6.45) is -4.76. The highest BCUT2D eigenvalue weighted by molar-refractivity contribution is 9.10. The van der Waals surface area contributed by atoms with E-state index in [9.17, 15) is 22.7 Å². The number of benzene rings is 1. The Balaban J connectivity index is 2.49. The number of hydrogen-bond donors (Lipinski definition) is 1. The van der Waals surface area contributed by atoms with Crippen molar-refractivity contribution in [1.29, 1.82) is 0 Å². The fourth-order valence-corrected chi connectivity index (χ4v) is 2.38. The van der Waals surface area contributed by atoms with Crippen molar-refractivity contribution in [2.45, 2.75) is 12.3 Å². The Hall–Kier alpha value is -1.41. The van der Waals surface area contributed by atoms with Crippen LogP contribution in [-0.4, -0.2) is 14.9 Å². The minimum absolute atomic E-state index is 0.0666. The second-order valence-corrected chi connectivity index (χ2v) is 5.00. The quantitative estimate of drug-likeness (QED) is 0.841. The van der Waals surface area contributed by atoms with Crippen LogP contribution in [0.2, 0.25) is 0 Å². The molecule has 1 atom stereocenters. The van der Waals surface area contributed by atoms with Crippen molar-refractivity contribution in [3.63, 3.8) is 0 Å². The minimum atomic E-state index is -4.82.